The predicted octanol–water partition coefficient (Wildman–Crippen LogP) is 2.79. The van der Waals surface area contributed by atoms with Crippen molar-refractivity contribution >= 4 is 12.2 Å². The van der Waals surface area contributed by atoms with Crippen LogP contribution in [0.2, 0.25) is 0 Å². The van der Waals surface area contributed by atoms with Gasteiger partial charge in [0.15, 0.2) is 0 Å². The Morgan fingerprint density at radius 3 is 2.92 bits per heavy atom. The molecule has 66 valence electrons. The van der Waals surface area contributed by atoms with Gasteiger partial charge in [-0.2, -0.15) is 0 Å². The van der Waals surface area contributed by atoms with Crippen LogP contribution in [0.15, 0.2) is 6.07 Å². The zero-order valence-electron chi connectivity index (χ0n) is 7.55. The third-order valence-electron chi connectivity index (χ3n) is 1.72. The maximum absolute atomic E-state index is 5.01. The molecule has 0 aromatic carbocycles. The summed E-state index contributed by atoms with van der Waals surface area (Å²) in [7, 11) is 0. The van der Waals surface area contributed by atoms with Crippen LogP contribution in [0.1, 0.15) is 31.3 Å². The van der Waals surface area contributed by atoms with Crippen LogP contribution >= 0.6 is 12.2 Å². The van der Waals surface area contributed by atoms with Crippen molar-refractivity contribution in [2.75, 3.05) is 0 Å². The fourth-order valence-corrected chi connectivity index (χ4v) is 1.42. The summed E-state index contributed by atoms with van der Waals surface area (Å²) in [5.41, 5.74) is 1.20. The summed E-state index contributed by atoms with van der Waals surface area (Å²) < 4.78 is 0.692. The van der Waals surface area contributed by atoms with Gasteiger partial charge in [-0.25, -0.2) is 4.98 Å². The van der Waals surface area contributed by atoms with Crippen LogP contribution in [0.25, 0.3) is 0 Å². The van der Waals surface area contributed by atoms with E-state index in [1.54, 1.807) is 0 Å². The van der Waals surface area contributed by atoms with Crippen LogP contribution in [-0.4, -0.2) is 9.97 Å². The maximum Gasteiger partial charge on any atom is 0.129 e. The molecule has 0 unspecified atom stereocenters. The SMILES string of the molecule is CCCCc1cc(=S)nc(C)[nH]1. The number of hydrogen-bond donors (Lipinski definition) is 1. The van der Waals surface area contributed by atoms with Gasteiger partial charge in [0, 0.05) is 5.69 Å². The largest absolute Gasteiger partial charge is 0.347 e. The molecule has 0 bridgehead atoms. The minimum absolute atomic E-state index is 0.692. The van der Waals surface area contributed by atoms with Crippen molar-refractivity contribution in [3.05, 3.63) is 22.2 Å². The fraction of sp³-hybridized carbons (Fsp3) is 0.556. The molecule has 0 radical (unpaired) electrons. The lowest BCUT2D eigenvalue weighted by Gasteiger charge is -2.00. The number of hydrogen-bond acceptors (Lipinski definition) is 2. The highest BCUT2D eigenvalue weighted by molar-refractivity contribution is 7.71. The molecular weight excluding hydrogens is 168 g/mol. The molecule has 0 aliphatic rings. The first-order chi connectivity index (χ1) is 5.72. The number of aromatic amines is 1. The summed E-state index contributed by atoms with van der Waals surface area (Å²) in [6.07, 6.45) is 3.49. The predicted molar refractivity (Wildman–Crippen MR) is 52.8 cm³/mol. The van der Waals surface area contributed by atoms with E-state index < -0.39 is 0 Å². The van der Waals surface area contributed by atoms with Crippen molar-refractivity contribution in [3.63, 3.8) is 0 Å². The topological polar surface area (TPSA) is 28.7 Å². The summed E-state index contributed by atoms with van der Waals surface area (Å²) in [4.78, 5) is 7.31. The molecule has 1 N–H and O–H groups in total. The highest BCUT2D eigenvalue weighted by Crippen LogP contribution is 2.02. The molecule has 0 aliphatic carbocycles. The minimum atomic E-state index is 0.692. The van der Waals surface area contributed by atoms with E-state index in [1.165, 1.54) is 18.5 Å². The first-order valence-corrected chi connectivity index (χ1v) is 4.70. The standard InChI is InChI=1S/C9H14N2S/c1-3-4-5-8-6-9(12)11-7(2)10-8/h6H,3-5H2,1-2H3,(H,10,11,12). The van der Waals surface area contributed by atoms with E-state index in [9.17, 15) is 0 Å². The van der Waals surface area contributed by atoms with Gasteiger partial charge in [-0.3, -0.25) is 0 Å². The van der Waals surface area contributed by atoms with E-state index in [2.05, 4.69) is 16.9 Å². The van der Waals surface area contributed by atoms with Crippen molar-refractivity contribution in [3.8, 4) is 0 Å². The average molecular weight is 182 g/mol. The van der Waals surface area contributed by atoms with Gasteiger partial charge in [0.1, 0.15) is 10.5 Å². The lowest BCUT2D eigenvalue weighted by atomic mass is 10.2. The third-order valence-corrected chi connectivity index (χ3v) is 1.93. The van der Waals surface area contributed by atoms with Crippen LogP contribution < -0.4 is 0 Å². The molecule has 0 atom stereocenters. The van der Waals surface area contributed by atoms with E-state index in [0.29, 0.717) is 4.64 Å². The Bertz CT molecular complexity index is 304. The van der Waals surface area contributed by atoms with Crippen molar-refractivity contribution in [1.82, 2.24) is 9.97 Å². The van der Waals surface area contributed by atoms with E-state index >= 15 is 0 Å². The summed E-state index contributed by atoms with van der Waals surface area (Å²) in [5, 5.41) is 0. The number of unbranched alkanes of at least 4 members (excludes halogenated alkanes) is 1. The van der Waals surface area contributed by atoms with Crippen molar-refractivity contribution < 1.29 is 0 Å². The minimum Gasteiger partial charge on any atom is -0.347 e. The number of H-pyrrole nitrogens is 1. The Kier molecular flexibility index (Phi) is 3.41. The van der Waals surface area contributed by atoms with Gasteiger partial charge in [-0.05, 0) is 25.8 Å². The van der Waals surface area contributed by atoms with Gasteiger partial charge in [0.25, 0.3) is 0 Å². The first kappa shape index (κ1) is 9.39. The number of aromatic nitrogens is 2. The molecule has 0 amide bonds. The zero-order valence-corrected chi connectivity index (χ0v) is 8.37. The maximum atomic E-state index is 5.01. The Morgan fingerprint density at radius 2 is 2.33 bits per heavy atom. The first-order valence-electron chi connectivity index (χ1n) is 4.29. The van der Waals surface area contributed by atoms with E-state index in [-0.39, 0.29) is 0 Å². The van der Waals surface area contributed by atoms with Gasteiger partial charge in [0.05, 0.1) is 0 Å². The van der Waals surface area contributed by atoms with Crippen molar-refractivity contribution in [2.45, 2.75) is 33.1 Å². The summed E-state index contributed by atoms with van der Waals surface area (Å²) in [5.74, 6) is 0.911. The molecule has 0 fully saturated rings. The number of rotatable bonds is 3. The Hall–Kier alpha value is -0.700. The molecule has 0 saturated heterocycles. The number of nitrogens with one attached hydrogen (secondary N) is 1. The van der Waals surface area contributed by atoms with Gasteiger partial charge in [0.2, 0.25) is 0 Å². The van der Waals surface area contributed by atoms with E-state index in [4.69, 9.17) is 12.2 Å². The molecule has 1 aromatic heterocycles. The van der Waals surface area contributed by atoms with Crippen LogP contribution in [0.4, 0.5) is 0 Å². The van der Waals surface area contributed by atoms with Crippen LogP contribution in [-0.2, 0) is 6.42 Å². The lowest BCUT2D eigenvalue weighted by Crippen LogP contribution is -1.95. The lowest BCUT2D eigenvalue weighted by molar-refractivity contribution is 0.767. The number of aryl methyl sites for hydroxylation is 2. The molecule has 1 aromatic rings. The molecular formula is C9H14N2S. The van der Waals surface area contributed by atoms with Gasteiger partial charge < -0.3 is 4.98 Å². The van der Waals surface area contributed by atoms with E-state index in [1.807, 2.05) is 13.0 Å². The second-order valence-corrected chi connectivity index (χ2v) is 3.35. The monoisotopic (exact) mass is 182 g/mol. The molecule has 0 saturated carbocycles. The van der Waals surface area contributed by atoms with Crippen LogP contribution in [0.3, 0.4) is 0 Å². The number of nitrogens with zero attached hydrogens (tertiary/aromatic N) is 1. The quantitative estimate of drug-likeness (QED) is 0.728. The average Bonchev–Trinajstić information content (AvgIpc) is 1.99. The summed E-state index contributed by atoms with van der Waals surface area (Å²) in [6, 6.07) is 1.94. The molecule has 2 nitrogen and oxygen atoms in total. The van der Waals surface area contributed by atoms with Gasteiger partial charge in [-0.15, -0.1) is 0 Å². The fourth-order valence-electron chi connectivity index (χ4n) is 1.14. The molecule has 1 rings (SSSR count). The highest BCUT2D eigenvalue weighted by atomic mass is 32.1. The second-order valence-electron chi connectivity index (χ2n) is 2.93. The zero-order chi connectivity index (χ0) is 8.97. The normalized spacial score (nSPS) is 10.2. The molecule has 1 heterocycles. The molecule has 12 heavy (non-hydrogen) atoms. The van der Waals surface area contributed by atoms with Crippen molar-refractivity contribution in [2.24, 2.45) is 0 Å². The molecule has 0 aliphatic heterocycles. The Labute approximate surface area is 78.1 Å². The summed E-state index contributed by atoms with van der Waals surface area (Å²) >= 11 is 5.01. The molecule has 3 heteroatoms. The summed E-state index contributed by atoms with van der Waals surface area (Å²) in [6.45, 7) is 4.12. The van der Waals surface area contributed by atoms with Gasteiger partial charge in [-0.1, -0.05) is 25.6 Å². The van der Waals surface area contributed by atoms with Crippen LogP contribution in [0.5, 0.6) is 0 Å². The van der Waals surface area contributed by atoms with E-state index in [0.717, 1.165) is 12.2 Å². The van der Waals surface area contributed by atoms with Crippen LogP contribution in [0, 0.1) is 11.6 Å². The second kappa shape index (κ2) is 4.36. The van der Waals surface area contributed by atoms with Gasteiger partial charge >= 0.3 is 0 Å². The highest BCUT2D eigenvalue weighted by Gasteiger charge is 1.94. The smallest absolute Gasteiger partial charge is 0.129 e. The Morgan fingerprint density at radius 1 is 1.58 bits per heavy atom. The van der Waals surface area contributed by atoms with Crippen molar-refractivity contribution in [1.29, 1.82) is 0 Å². The molecule has 0 spiro atoms. The Balaban J connectivity index is 2.79. The third kappa shape index (κ3) is 2.74.